The molecule has 0 saturated heterocycles. The highest BCUT2D eigenvalue weighted by molar-refractivity contribution is 5.93. The molecule has 0 aliphatic carbocycles. The van der Waals surface area contributed by atoms with E-state index < -0.39 is 17.7 Å². The monoisotopic (exact) mass is 249 g/mol. The fourth-order valence-corrected chi connectivity index (χ4v) is 1.46. The number of amides is 1. The Balaban J connectivity index is 2.55. The van der Waals surface area contributed by atoms with Crippen molar-refractivity contribution in [3.8, 4) is 5.69 Å². The number of carboxylic acid groups (broad SMARTS) is 1. The summed E-state index contributed by atoms with van der Waals surface area (Å²) in [6, 6.07) is 3.24. The third-order valence-electron chi connectivity index (χ3n) is 2.30. The molecule has 1 aromatic heterocycles. The average molecular weight is 249 g/mol. The van der Waals surface area contributed by atoms with Gasteiger partial charge in [0.25, 0.3) is 5.91 Å². The lowest BCUT2D eigenvalue weighted by atomic mass is 10.2. The third-order valence-corrected chi connectivity index (χ3v) is 2.30. The second-order valence-corrected chi connectivity index (χ2v) is 3.50. The number of nitrogens with two attached hydrogens (primary N) is 1. The number of primary amides is 1. The number of hydrogen-bond donors (Lipinski definition) is 2. The summed E-state index contributed by atoms with van der Waals surface area (Å²) in [5.41, 5.74) is 5.09. The molecule has 92 valence electrons. The zero-order valence-electron chi connectivity index (χ0n) is 9.00. The van der Waals surface area contributed by atoms with E-state index in [-0.39, 0.29) is 16.8 Å². The molecule has 1 heterocycles. The number of aromatic carboxylic acids is 1. The molecule has 0 aliphatic rings. The van der Waals surface area contributed by atoms with Crippen molar-refractivity contribution in [1.82, 2.24) is 9.78 Å². The standard InChI is InChI=1S/C11H8FN3O3/c12-7-1-2-9(8(3-7)11(17)18)15-5-6(4-14-15)10(13)16/h1-5H,(H2,13,16)(H,17,18). The minimum absolute atomic E-state index is 0.135. The molecule has 0 spiro atoms. The Labute approximate surface area is 100 Å². The first kappa shape index (κ1) is 11.8. The number of carbonyl (C=O) groups is 2. The molecule has 0 unspecified atom stereocenters. The summed E-state index contributed by atoms with van der Waals surface area (Å²) in [4.78, 5) is 21.9. The van der Waals surface area contributed by atoms with Crippen LogP contribution in [0.25, 0.3) is 5.69 Å². The Morgan fingerprint density at radius 1 is 1.39 bits per heavy atom. The molecule has 0 aliphatic heterocycles. The van der Waals surface area contributed by atoms with E-state index in [1.165, 1.54) is 18.5 Å². The SMILES string of the molecule is NC(=O)c1cnn(-c2ccc(F)cc2C(=O)O)c1. The second-order valence-electron chi connectivity index (χ2n) is 3.50. The molecule has 6 nitrogen and oxygen atoms in total. The summed E-state index contributed by atoms with van der Waals surface area (Å²) in [6.45, 7) is 0. The van der Waals surface area contributed by atoms with Crippen LogP contribution in [0.5, 0.6) is 0 Å². The zero-order valence-corrected chi connectivity index (χ0v) is 9.00. The maximum atomic E-state index is 13.0. The molecule has 0 saturated carbocycles. The predicted molar refractivity (Wildman–Crippen MR) is 59.0 cm³/mol. The first-order valence-corrected chi connectivity index (χ1v) is 4.86. The van der Waals surface area contributed by atoms with Crippen molar-refractivity contribution in [2.75, 3.05) is 0 Å². The lowest BCUT2D eigenvalue weighted by Gasteiger charge is -2.05. The van der Waals surface area contributed by atoms with Crippen molar-refractivity contribution < 1.29 is 19.1 Å². The van der Waals surface area contributed by atoms with E-state index in [4.69, 9.17) is 10.8 Å². The lowest BCUT2D eigenvalue weighted by Crippen LogP contribution is -2.10. The number of carbonyl (C=O) groups excluding carboxylic acids is 1. The summed E-state index contributed by atoms with van der Waals surface area (Å²) in [5, 5.41) is 12.8. The highest BCUT2D eigenvalue weighted by Gasteiger charge is 2.14. The molecule has 2 aromatic rings. The van der Waals surface area contributed by atoms with Crippen molar-refractivity contribution in [3.63, 3.8) is 0 Å². The number of rotatable bonds is 3. The first-order chi connectivity index (χ1) is 8.49. The molecule has 7 heteroatoms. The van der Waals surface area contributed by atoms with E-state index in [0.717, 1.165) is 16.8 Å². The van der Waals surface area contributed by atoms with E-state index in [0.29, 0.717) is 0 Å². The summed E-state index contributed by atoms with van der Waals surface area (Å²) < 4.78 is 14.1. The molecule has 1 aromatic carbocycles. The minimum atomic E-state index is -1.29. The van der Waals surface area contributed by atoms with E-state index in [1.54, 1.807) is 0 Å². The summed E-state index contributed by atoms with van der Waals surface area (Å²) in [6.07, 6.45) is 2.49. The molecule has 1 amide bonds. The van der Waals surface area contributed by atoms with Crippen LogP contribution in [0, 0.1) is 5.82 Å². The molecule has 0 radical (unpaired) electrons. The van der Waals surface area contributed by atoms with Gasteiger partial charge in [-0.3, -0.25) is 4.79 Å². The van der Waals surface area contributed by atoms with Gasteiger partial charge in [-0.25, -0.2) is 13.9 Å². The van der Waals surface area contributed by atoms with Crippen LogP contribution >= 0.6 is 0 Å². The van der Waals surface area contributed by atoms with Gasteiger partial charge in [0.2, 0.25) is 0 Å². The van der Waals surface area contributed by atoms with Crippen molar-refractivity contribution in [3.05, 3.63) is 47.5 Å². The fourth-order valence-electron chi connectivity index (χ4n) is 1.46. The van der Waals surface area contributed by atoms with Gasteiger partial charge in [0.05, 0.1) is 23.0 Å². The van der Waals surface area contributed by atoms with Crippen LogP contribution in [0.2, 0.25) is 0 Å². The van der Waals surface area contributed by atoms with Crippen LogP contribution < -0.4 is 5.73 Å². The smallest absolute Gasteiger partial charge is 0.338 e. The van der Waals surface area contributed by atoms with Crippen molar-refractivity contribution in [1.29, 1.82) is 0 Å². The highest BCUT2D eigenvalue weighted by atomic mass is 19.1. The van der Waals surface area contributed by atoms with Gasteiger partial charge in [-0.1, -0.05) is 0 Å². The Morgan fingerprint density at radius 2 is 2.11 bits per heavy atom. The Bertz CT molecular complexity index is 636. The quantitative estimate of drug-likeness (QED) is 0.840. The van der Waals surface area contributed by atoms with Gasteiger partial charge >= 0.3 is 5.97 Å². The average Bonchev–Trinajstić information content (AvgIpc) is 2.78. The minimum Gasteiger partial charge on any atom is -0.478 e. The number of hydrogen-bond acceptors (Lipinski definition) is 3. The van der Waals surface area contributed by atoms with E-state index >= 15 is 0 Å². The topological polar surface area (TPSA) is 98.2 Å². The molecule has 0 atom stereocenters. The van der Waals surface area contributed by atoms with Gasteiger partial charge in [0.15, 0.2) is 0 Å². The first-order valence-electron chi connectivity index (χ1n) is 4.86. The van der Waals surface area contributed by atoms with Crippen molar-refractivity contribution in [2.24, 2.45) is 5.73 Å². The van der Waals surface area contributed by atoms with Crippen LogP contribution in [-0.2, 0) is 0 Å². The molecule has 0 bridgehead atoms. The van der Waals surface area contributed by atoms with Crippen LogP contribution in [0.3, 0.4) is 0 Å². The summed E-state index contributed by atoms with van der Waals surface area (Å²) in [7, 11) is 0. The molecule has 2 rings (SSSR count). The fraction of sp³-hybridized carbons (Fsp3) is 0. The Hall–Kier alpha value is -2.70. The third kappa shape index (κ3) is 2.05. The van der Waals surface area contributed by atoms with Crippen molar-refractivity contribution in [2.45, 2.75) is 0 Å². The van der Waals surface area contributed by atoms with Gasteiger partial charge in [-0.2, -0.15) is 5.10 Å². The molecule has 0 fully saturated rings. The van der Waals surface area contributed by atoms with Crippen LogP contribution in [-0.4, -0.2) is 26.8 Å². The zero-order chi connectivity index (χ0) is 13.3. The van der Waals surface area contributed by atoms with Gasteiger partial charge in [-0.15, -0.1) is 0 Å². The number of halogens is 1. The molecular weight excluding hydrogens is 241 g/mol. The summed E-state index contributed by atoms with van der Waals surface area (Å²) in [5.74, 6) is -2.64. The van der Waals surface area contributed by atoms with Crippen LogP contribution in [0.1, 0.15) is 20.7 Å². The van der Waals surface area contributed by atoms with Gasteiger partial charge in [0, 0.05) is 6.20 Å². The largest absolute Gasteiger partial charge is 0.478 e. The van der Waals surface area contributed by atoms with E-state index in [2.05, 4.69) is 5.10 Å². The maximum absolute atomic E-state index is 13.0. The number of benzene rings is 1. The van der Waals surface area contributed by atoms with Crippen LogP contribution in [0.15, 0.2) is 30.6 Å². The maximum Gasteiger partial charge on any atom is 0.338 e. The normalized spacial score (nSPS) is 10.3. The molecule has 3 N–H and O–H groups in total. The van der Waals surface area contributed by atoms with E-state index in [1.807, 2.05) is 0 Å². The van der Waals surface area contributed by atoms with Gasteiger partial charge in [-0.05, 0) is 18.2 Å². The van der Waals surface area contributed by atoms with Crippen LogP contribution in [0.4, 0.5) is 4.39 Å². The number of aromatic nitrogens is 2. The molecular formula is C11H8FN3O3. The molecule has 18 heavy (non-hydrogen) atoms. The van der Waals surface area contributed by atoms with Gasteiger partial charge in [0.1, 0.15) is 5.82 Å². The van der Waals surface area contributed by atoms with Gasteiger partial charge < -0.3 is 10.8 Å². The lowest BCUT2D eigenvalue weighted by molar-refractivity contribution is 0.0696. The Morgan fingerprint density at radius 3 is 2.67 bits per heavy atom. The second kappa shape index (κ2) is 4.28. The summed E-state index contributed by atoms with van der Waals surface area (Å²) >= 11 is 0. The number of nitrogens with zero attached hydrogens (tertiary/aromatic N) is 2. The highest BCUT2D eigenvalue weighted by Crippen LogP contribution is 2.16. The predicted octanol–water partition coefficient (Wildman–Crippen LogP) is 0.808. The van der Waals surface area contributed by atoms with E-state index in [9.17, 15) is 14.0 Å². The van der Waals surface area contributed by atoms with Crippen molar-refractivity contribution >= 4 is 11.9 Å². The Kier molecular flexibility index (Phi) is 2.80. The number of carboxylic acids is 1.